The maximum Gasteiger partial charge on any atom is 0.326 e. The van der Waals surface area contributed by atoms with Crippen LogP contribution in [0.4, 0.5) is 0 Å². The normalized spacial score (nSPS) is 15.1. The summed E-state index contributed by atoms with van der Waals surface area (Å²) in [5.74, 6) is -1.67. The van der Waals surface area contributed by atoms with Crippen LogP contribution in [0.2, 0.25) is 0 Å². The van der Waals surface area contributed by atoms with Crippen LogP contribution in [0.1, 0.15) is 35.7 Å². The average Bonchev–Trinajstić information content (AvgIpc) is 3.47. The van der Waals surface area contributed by atoms with E-state index in [1.54, 1.807) is 36.4 Å². The number of carbonyl (C=O) groups excluding carboxylic acids is 1. The molecule has 0 radical (unpaired) electrons. The van der Waals surface area contributed by atoms with Gasteiger partial charge in [0.2, 0.25) is 0 Å². The van der Waals surface area contributed by atoms with Crippen molar-refractivity contribution in [1.82, 2.24) is 4.90 Å². The molecule has 2 aromatic carbocycles. The standard InChI is InChI=1S/C20H21NO5S/c1-14(20(23)24)21(17-10-11-17)19(22)16-7-5-6-15(12-16)13-27(25,26)18-8-3-2-4-9-18/h2-9,12,14,17H,10-11,13H2,1H3,(H,23,24). The summed E-state index contributed by atoms with van der Waals surface area (Å²) >= 11 is 0. The van der Waals surface area contributed by atoms with Crippen LogP contribution < -0.4 is 0 Å². The van der Waals surface area contributed by atoms with Crippen molar-refractivity contribution < 1.29 is 23.1 Å². The molecule has 7 heteroatoms. The Morgan fingerprint density at radius 2 is 1.78 bits per heavy atom. The van der Waals surface area contributed by atoms with Gasteiger partial charge in [-0.25, -0.2) is 13.2 Å². The fourth-order valence-electron chi connectivity index (χ4n) is 3.00. The van der Waals surface area contributed by atoms with Crippen LogP contribution in [-0.2, 0) is 20.4 Å². The van der Waals surface area contributed by atoms with Gasteiger partial charge in [-0.05, 0) is 49.6 Å². The summed E-state index contributed by atoms with van der Waals surface area (Å²) in [5, 5.41) is 9.29. The molecule has 1 amide bonds. The van der Waals surface area contributed by atoms with E-state index in [1.807, 2.05) is 0 Å². The van der Waals surface area contributed by atoms with Gasteiger partial charge < -0.3 is 10.0 Å². The molecule has 2 aromatic rings. The van der Waals surface area contributed by atoms with Crippen molar-refractivity contribution in [3.8, 4) is 0 Å². The Morgan fingerprint density at radius 3 is 2.37 bits per heavy atom. The number of rotatable bonds is 7. The van der Waals surface area contributed by atoms with Crippen molar-refractivity contribution in [3.63, 3.8) is 0 Å². The molecule has 1 aliphatic rings. The predicted molar refractivity (Wildman–Crippen MR) is 100 cm³/mol. The van der Waals surface area contributed by atoms with E-state index in [4.69, 9.17) is 0 Å². The summed E-state index contributed by atoms with van der Waals surface area (Å²) < 4.78 is 25.1. The Bertz CT molecular complexity index is 951. The largest absolute Gasteiger partial charge is 0.480 e. The lowest BCUT2D eigenvalue weighted by molar-refractivity contribution is -0.141. The fourth-order valence-corrected chi connectivity index (χ4v) is 4.36. The zero-order valence-corrected chi connectivity index (χ0v) is 15.7. The molecule has 0 spiro atoms. The molecule has 3 rings (SSSR count). The Morgan fingerprint density at radius 1 is 1.11 bits per heavy atom. The molecule has 1 saturated carbocycles. The smallest absolute Gasteiger partial charge is 0.326 e. The highest BCUT2D eigenvalue weighted by atomic mass is 32.2. The molecular weight excluding hydrogens is 366 g/mol. The van der Waals surface area contributed by atoms with E-state index in [0.717, 1.165) is 12.8 Å². The third-order valence-electron chi connectivity index (χ3n) is 4.58. The van der Waals surface area contributed by atoms with Crippen molar-refractivity contribution in [2.75, 3.05) is 0 Å². The zero-order valence-electron chi connectivity index (χ0n) is 14.9. The van der Waals surface area contributed by atoms with Crippen molar-refractivity contribution >= 4 is 21.7 Å². The van der Waals surface area contributed by atoms with Crippen LogP contribution in [0.3, 0.4) is 0 Å². The third kappa shape index (κ3) is 4.36. The van der Waals surface area contributed by atoms with Crippen LogP contribution in [0, 0.1) is 0 Å². The molecule has 0 saturated heterocycles. The molecule has 0 heterocycles. The molecule has 0 bridgehead atoms. The van der Waals surface area contributed by atoms with Gasteiger partial charge in [0.05, 0.1) is 10.6 Å². The molecule has 0 aliphatic heterocycles. The Hall–Kier alpha value is -2.67. The van der Waals surface area contributed by atoms with Crippen LogP contribution in [0.15, 0.2) is 59.5 Å². The monoisotopic (exact) mass is 387 g/mol. The first-order valence-corrected chi connectivity index (χ1v) is 10.4. The molecule has 0 aromatic heterocycles. The quantitative estimate of drug-likeness (QED) is 0.789. The van der Waals surface area contributed by atoms with Crippen LogP contribution in [0.25, 0.3) is 0 Å². The third-order valence-corrected chi connectivity index (χ3v) is 6.29. The number of carbonyl (C=O) groups is 2. The summed E-state index contributed by atoms with van der Waals surface area (Å²) in [6, 6.07) is 13.5. The number of hydrogen-bond donors (Lipinski definition) is 1. The van der Waals surface area contributed by atoms with Gasteiger partial charge in [0.25, 0.3) is 5.91 Å². The van der Waals surface area contributed by atoms with Crippen LogP contribution in [-0.4, -0.2) is 42.4 Å². The molecule has 1 unspecified atom stereocenters. The van der Waals surface area contributed by atoms with Crippen LogP contribution >= 0.6 is 0 Å². The van der Waals surface area contributed by atoms with Gasteiger partial charge in [0, 0.05) is 11.6 Å². The van der Waals surface area contributed by atoms with Gasteiger partial charge in [0.1, 0.15) is 6.04 Å². The molecule has 1 N–H and O–H groups in total. The average molecular weight is 387 g/mol. The second kappa shape index (κ2) is 7.52. The zero-order chi connectivity index (χ0) is 19.6. The molecular formula is C20H21NO5S. The van der Waals surface area contributed by atoms with Crippen molar-refractivity contribution in [2.45, 2.75) is 42.5 Å². The first-order chi connectivity index (χ1) is 12.8. The van der Waals surface area contributed by atoms with Crippen LogP contribution in [0.5, 0.6) is 0 Å². The highest BCUT2D eigenvalue weighted by Gasteiger charge is 2.38. The minimum absolute atomic E-state index is 0.0692. The summed E-state index contributed by atoms with van der Waals surface area (Å²) in [5.41, 5.74) is 0.791. The molecule has 6 nitrogen and oxygen atoms in total. The second-order valence-electron chi connectivity index (χ2n) is 6.73. The number of carboxylic acid groups (broad SMARTS) is 1. The van der Waals surface area contributed by atoms with E-state index in [0.29, 0.717) is 11.1 Å². The highest BCUT2D eigenvalue weighted by Crippen LogP contribution is 2.30. The van der Waals surface area contributed by atoms with E-state index in [-0.39, 0.29) is 22.6 Å². The van der Waals surface area contributed by atoms with Gasteiger partial charge in [-0.1, -0.05) is 30.3 Å². The number of hydrogen-bond acceptors (Lipinski definition) is 4. The van der Waals surface area contributed by atoms with E-state index in [2.05, 4.69) is 0 Å². The predicted octanol–water partition coefficient (Wildman–Crippen LogP) is 2.74. The summed E-state index contributed by atoms with van der Waals surface area (Å²) in [6.07, 6.45) is 1.57. The Kier molecular flexibility index (Phi) is 5.32. The maximum atomic E-state index is 12.9. The van der Waals surface area contributed by atoms with Crippen molar-refractivity contribution in [2.24, 2.45) is 0 Å². The number of aliphatic carboxylic acids is 1. The highest BCUT2D eigenvalue weighted by molar-refractivity contribution is 7.90. The molecule has 1 fully saturated rings. The molecule has 27 heavy (non-hydrogen) atoms. The Balaban J connectivity index is 1.85. The minimum atomic E-state index is -3.53. The van der Waals surface area contributed by atoms with Gasteiger partial charge in [-0.2, -0.15) is 0 Å². The Labute approximate surface area is 158 Å². The van der Waals surface area contributed by atoms with Crippen molar-refractivity contribution in [3.05, 3.63) is 65.7 Å². The van der Waals surface area contributed by atoms with E-state index < -0.39 is 21.8 Å². The van der Waals surface area contributed by atoms with Gasteiger partial charge in [-0.15, -0.1) is 0 Å². The van der Waals surface area contributed by atoms with Crippen molar-refractivity contribution in [1.29, 1.82) is 0 Å². The SMILES string of the molecule is CC(C(=O)O)N(C(=O)c1cccc(CS(=O)(=O)c2ccccc2)c1)C1CC1. The number of nitrogens with zero attached hydrogens (tertiary/aromatic N) is 1. The minimum Gasteiger partial charge on any atom is -0.480 e. The number of carboxylic acids is 1. The molecule has 1 atom stereocenters. The number of benzene rings is 2. The van der Waals surface area contributed by atoms with Gasteiger partial charge >= 0.3 is 5.97 Å². The topological polar surface area (TPSA) is 91.8 Å². The van der Waals surface area contributed by atoms with Gasteiger partial charge in [0.15, 0.2) is 9.84 Å². The first-order valence-electron chi connectivity index (χ1n) is 8.72. The summed E-state index contributed by atoms with van der Waals surface area (Å²) in [4.78, 5) is 25.8. The van der Waals surface area contributed by atoms with E-state index in [1.165, 1.54) is 30.0 Å². The second-order valence-corrected chi connectivity index (χ2v) is 8.72. The number of sulfone groups is 1. The lowest BCUT2D eigenvalue weighted by atomic mass is 10.1. The molecule has 1 aliphatic carbocycles. The maximum absolute atomic E-state index is 12.9. The van der Waals surface area contributed by atoms with Gasteiger partial charge in [-0.3, -0.25) is 4.79 Å². The summed E-state index contributed by atoms with van der Waals surface area (Å²) in [6.45, 7) is 1.49. The lowest BCUT2D eigenvalue weighted by Crippen LogP contribution is -2.44. The number of amides is 1. The van der Waals surface area contributed by atoms with E-state index in [9.17, 15) is 23.1 Å². The lowest BCUT2D eigenvalue weighted by Gasteiger charge is -2.26. The fraction of sp³-hybridized carbons (Fsp3) is 0.300. The van der Waals surface area contributed by atoms with E-state index >= 15 is 0 Å². The summed E-state index contributed by atoms with van der Waals surface area (Å²) in [7, 11) is -3.53. The molecule has 142 valence electrons. The first kappa shape index (κ1) is 19.1.